The van der Waals surface area contributed by atoms with Crippen LogP contribution in [-0.2, 0) is 0 Å². The normalized spacial score (nSPS) is 12.4. The Morgan fingerprint density at radius 1 is 1.25 bits per heavy atom. The van der Waals surface area contributed by atoms with Crippen LogP contribution in [0.1, 0.15) is 44.1 Å². The minimum atomic E-state index is -0.149. The lowest BCUT2D eigenvalue weighted by Crippen LogP contribution is -2.16. The third-order valence-corrected chi connectivity index (χ3v) is 3.26. The first-order chi connectivity index (χ1) is 9.45. The molecule has 20 heavy (non-hydrogen) atoms. The number of hydrogen-bond donors (Lipinski definition) is 2. The van der Waals surface area contributed by atoms with Crippen molar-refractivity contribution >= 4 is 17.4 Å². The van der Waals surface area contributed by atoms with E-state index in [1.807, 2.05) is 45.0 Å². The number of aromatic nitrogens is 2. The molecule has 1 atom stereocenters. The van der Waals surface area contributed by atoms with E-state index in [4.69, 9.17) is 11.6 Å². The van der Waals surface area contributed by atoms with E-state index in [1.54, 1.807) is 0 Å². The summed E-state index contributed by atoms with van der Waals surface area (Å²) < 4.78 is 0. The molecule has 2 rings (SSSR count). The number of nitrogens with one attached hydrogen (secondary N) is 2. The Bertz CT molecular complexity index is 652. The number of nitrogens with zero attached hydrogens (tertiary/aromatic N) is 1. The lowest BCUT2D eigenvalue weighted by Gasteiger charge is -2.16. The number of aromatic amines is 1. The Balaban J connectivity index is 2.23. The first-order valence-corrected chi connectivity index (χ1v) is 6.97. The van der Waals surface area contributed by atoms with Gasteiger partial charge in [-0.3, -0.25) is 4.79 Å². The first-order valence-electron chi connectivity index (χ1n) is 6.59. The number of benzene rings is 1. The van der Waals surface area contributed by atoms with E-state index < -0.39 is 0 Å². The summed E-state index contributed by atoms with van der Waals surface area (Å²) in [6, 6.07) is 9.10. The van der Waals surface area contributed by atoms with Crippen LogP contribution in [0.3, 0.4) is 0 Å². The van der Waals surface area contributed by atoms with Crippen molar-refractivity contribution in [1.29, 1.82) is 0 Å². The van der Waals surface area contributed by atoms with Crippen molar-refractivity contribution in [2.75, 3.05) is 5.32 Å². The van der Waals surface area contributed by atoms with Gasteiger partial charge in [-0.2, -0.15) is 0 Å². The molecule has 0 spiro atoms. The van der Waals surface area contributed by atoms with Crippen LogP contribution in [0.15, 0.2) is 35.1 Å². The molecule has 0 saturated carbocycles. The smallest absolute Gasteiger partial charge is 0.252 e. The van der Waals surface area contributed by atoms with Gasteiger partial charge >= 0.3 is 0 Å². The zero-order chi connectivity index (χ0) is 14.7. The molecule has 1 aromatic carbocycles. The standard InChI is InChI=1S/C15H18ClN3O/c1-9(2)15-18-13(8-14(20)19-15)17-10(3)11-5-4-6-12(16)7-11/h4-10H,1-3H3,(H2,17,18,19,20). The van der Waals surface area contributed by atoms with E-state index in [2.05, 4.69) is 15.3 Å². The molecule has 1 heterocycles. The zero-order valence-corrected chi connectivity index (χ0v) is 12.5. The lowest BCUT2D eigenvalue weighted by molar-refractivity contribution is 0.761. The fourth-order valence-electron chi connectivity index (χ4n) is 1.90. The van der Waals surface area contributed by atoms with Gasteiger partial charge in [-0.25, -0.2) is 4.98 Å². The molecule has 1 aromatic heterocycles. The lowest BCUT2D eigenvalue weighted by atomic mass is 10.1. The van der Waals surface area contributed by atoms with Crippen molar-refractivity contribution in [2.24, 2.45) is 0 Å². The predicted molar refractivity (Wildman–Crippen MR) is 82.4 cm³/mol. The summed E-state index contributed by atoms with van der Waals surface area (Å²) in [6.45, 7) is 5.98. The summed E-state index contributed by atoms with van der Waals surface area (Å²) in [5.41, 5.74) is 0.898. The van der Waals surface area contributed by atoms with Gasteiger partial charge in [0.1, 0.15) is 11.6 Å². The molecular formula is C15H18ClN3O. The Labute approximate surface area is 123 Å². The highest BCUT2D eigenvalue weighted by atomic mass is 35.5. The summed E-state index contributed by atoms with van der Waals surface area (Å²) in [6.07, 6.45) is 0. The highest BCUT2D eigenvalue weighted by Gasteiger charge is 2.09. The molecule has 0 fully saturated rings. The molecule has 0 amide bonds. The molecule has 106 valence electrons. The van der Waals surface area contributed by atoms with Crippen LogP contribution >= 0.6 is 11.6 Å². The van der Waals surface area contributed by atoms with Crippen molar-refractivity contribution in [1.82, 2.24) is 9.97 Å². The molecule has 0 saturated heterocycles. The molecule has 0 aliphatic heterocycles. The van der Waals surface area contributed by atoms with Crippen LogP contribution in [0.25, 0.3) is 0 Å². The molecular weight excluding hydrogens is 274 g/mol. The topological polar surface area (TPSA) is 57.8 Å². The number of rotatable bonds is 4. The summed E-state index contributed by atoms with van der Waals surface area (Å²) in [4.78, 5) is 18.8. The van der Waals surface area contributed by atoms with Crippen molar-refractivity contribution < 1.29 is 0 Å². The van der Waals surface area contributed by atoms with Crippen LogP contribution in [0.5, 0.6) is 0 Å². The molecule has 2 N–H and O–H groups in total. The largest absolute Gasteiger partial charge is 0.363 e. The third-order valence-electron chi connectivity index (χ3n) is 3.02. The number of H-pyrrole nitrogens is 1. The van der Waals surface area contributed by atoms with E-state index in [0.717, 1.165) is 5.56 Å². The van der Waals surface area contributed by atoms with Crippen molar-refractivity contribution in [3.05, 3.63) is 57.1 Å². The van der Waals surface area contributed by atoms with Crippen LogP contribution in [-0.4, -0.2) is 9.97 Å². The highest BCUT2D eigenvalue weighted by Crippen LogP contribution is 2.21. The van der Waals surface area contributed by atoms with Gasteiger partial charge in [-0.1, -0.05) is 37.6 Å². The average Bonchev–Trinajstić information content (AvgIpc) is 2.37. The summed E-state index contributed by atoms with van der Waals surface area (Å²) in [5, 5.41) is 3.92. The summed E-state index contributed by atoms with van der Waals surface area (Å²) in [7, 11) is 0. The van der Waals surface area contributed by atoms with E-state index in [0.29, 0.717) is 16.7 Å². The second kappa shape index (κ2) is 6.09. The third kappa shape index (κ3) is 3.61. The van der Waals surface area contributed by atoms with E-state index in [-0.39, 0.29) is 17.5 Å². The van der Waals surface area contributed by atoms with Gasteiger partial charge in [-0.15, -0.1) is 0 Å². The molecule has 0 aliphatic rings. The van der Waals surface area contributed by atoms with E-state index in [1.165, 1.54) is 6.07 Å². The number of hydrogen-bond acceptors (Lipinski definition) is 3. The Morgan fingerprint density at radius 3 is 2.65 bits per heavy atom. The van der Waals surface area contributed by atoms with Gasteiger partial charge in [0.25, 0.3) is 5.56 Å². The molecule has 0 bridgehead atoms. The van der Waals surface area contributed by atoms with Crippen molar-refractivity contribution in [3.8, 4) is 0 Å². The van der Waals surface area contributed by atoms with Crippen LogP contribution in [0.4, 0.5) is 5.82 Å². The van der Waals surface area contributed by atoms with E-state index >= 15 is 0 Å². The van der Waals surface area contributed by atoms with Gasteiger partial charge in [-0.05, 0) is 24.6 Å². The SMILES string of the molecule is CC(C)c1nc(NC(C)c2cccc(Cl)c2)cc(=O)[nH]1. The zero-order valence-electron chi connectivity index (χ0n) is 11.8. The van der Waals surface area contributed by atoms with Gasteiger partial charge < -0.3 is 10.3 Å². The fourth-order valence-corrected chi connectivity index (χ4v) is 2.10. The first kappa shape index (κ1) is 14.6. The average molecular weight is 292 g/mol. The van der Waals surface area contributed by atoms with Crippen LogP contribution in [0.2, 0.25) is 5.02 Å². The Morgan fingerprint density at radius 2 is 2.00 bits per heavy atom. The highest BCUT2D eigenvalue weighted by molar-refractivity contribution is 6.30. The molecule has 0 radical (unpaired) electrons. The molecule has 0 aliphatic carbocycles. The Hall–Kier alpha value is -1.81. The summed E-state index contributed by atoms with van der Waals surface area (Å²) in [5.74, 6) is 1.43. The van der Waals surface area contributed by atoms with Crippen LogP contribution in [0, 0.1) is 0 Å². The van der Waals surface area contributed by atoms with Gasteiger partial charge in [0, 0.05) is 23.0 Å². The maximum Gasteiger partial charge on any atom is 0.252 e. The van der Waals surface area contributed by atoms with Crippen LogP contribution < -0.4 is 10.9 Å². The predicted octanol–water partition coefficient (Wildman–Crippen LogP) is 3.72. The molecule has 5 heteroatoms. The molecule has 2 aromatic rings. The fraction of sp³-hybridized carbons (Fsp3) is 0.333. The number of halogens is 1. The maximum absolute atomic E-state index is 11.6. The van der Waals surface area contributed by atoms with E-state index in [9.17, 15) is 4.79 Å². The second-order valence-electron chi connectivity index (χ2n) is 5.09. The minimum absolute atomic E-state index is 0.0167. The minimum Gasteiger partial charge on any atom is -0.363 e. The summed E-state index contributed by atoms with van der Waals surface area (Å²) >= 11 is 5.99. The molecule has 1 unspecified atom stereocenters. The van der Waals surface area contributed by atoms with Gasteiger partial charge in [0.15, 0.2) is 0 Å². The maximum atomic E-state index is 11.6. The quantitative estimate of drug-likeness (QED) is 0.902. The van der Waals surface area contributed by atoms with Crippen molar-refractivity contribution in [2.45, 2.75) is 32.7 Å². The monoisotopic (exact) mass is 291 g/mol. The van der Waals surface area contributed by atoms with Crippen molar-refractivity contribution in [3.63, 3.8) is 0 Å². The Kier molecular flexibility index (Phi) is 4.45. The van der Waals surface area contributed by atoms with Gasteiger partial charge in [0.2, 0.25) is 0 Å². The molecule has 4 nitrogen and oxygen atoms in total. The second-order valence-corrected chi connectivity index (χ2v) is 5.53. The van der Waals surface area contributed by atoms with Gasteiger partial charge in [0.05, 0.1) is 0 Å². The number of anilines is 1.